The van der Waals surface area contributed by atoms with Gasteiger partial charge >= 0.3 is 0 Å². The molecule has 0 saturated heterocycles. The van der Waals surface area contributed by atoms with E-state index >= 15 is 0 Å². The molecule has 0 unspecified atom stereocenters. The van der Waals surface area contributed by atoms with E-state index in [1.807, 2.05) is 19.3 Å². The summed E-state index contributed by atoms with van der Waals surface area (Å²) in [5.74, 6) is 1.57. The van der Waals surface area contributed by atoms with Gasteiger partial charge in [0.15, 0.2) is 5.82 Å². The van der Waals surface area contributed by atoms with Gasteiger partial charge in [0.2, 0.25) is 0 Å². The SMILES string of the molecule is CCc1cnccc1-c1nc(CC)c(Br)c(NC)n1. The number of nitrogens with zero attached hydrogens (tertiary/aromatic N) is 3. The summed E-state index contributed by atoms with van der Waals surface area (Å²) in [4.78, 5) is 13.4. The molecule has 0 aliphatic heterocycles. The van der Waals surface area contributed by atoms with Gasteiger partial charge in [-0.1, -0.05) is 13.8 Å². The number of hydrogen-bond donors (Lipinski definition) is 1. The van der Waals surface area contributed by atoms with Crippen LogP contribution in [0.25, 0.3) is 11.4 Å². The third kappa shape index (κ3) is 2.76. The van der Waals surface area contributed by atoms with Crippen molar-refractivity contribution in [3.63, 3.8) is 0 Å². The summed E-state index contributed by atoms with van der Waals surface area (Å²) in [5.41, 5.74) is 3.22. The fourth-order valence-electron chi connectivity index (χ4n) is 1.94. The van der Waals surface area contributed by atoms with Gasteiger partial charge in [-0.2, -0.15) is 0 Å². The number of rotatable bonds is 4. The first-order chi connectivity index (χ1) is 9.21. The lowest BCUT2D eigenvalue weighted by Gasteiger charge is -2.11. The van der Waals surface area contributed by atoms with E-state index in [1.165, 1.54) is 0 Å². The molecule has 0 amide bonds. The molecular weight excluding hydrogens is 304 g/mol. The minimum atomic E-state index is 0.753. The Morgan fingerprint density at radius 3 is 2.63 bits per heavy atom. The summed E-state index contributed by atoms with van der Waals surface area (Å²) >= 11 is 3.54. The van der Waals surface area contributed by atoms with Crippen LogP contribution in [0, 0.1) is 0 Å². The Labute approximate surface area is 121 Å². The Morgan fingerprint density at radius 1 is 1.21 bits per heavy atom. The average Bonchev–Trinajstić information content (AvgIpc) is 2.47. The predicted molar refractivity (Wildman–Crippen MR) is 81.3 cm³/mol. The summed E-state index contributed by atoms with van der Waals surface area (Å²) in [6.45, 7) is 4.20. The fourth-order valence-corrected chi connectivity index (χ4v) is 2.60. The van der Waals surface area contributed by atoms with Gasteiger partial charge in [0.1, 0.15) is 5.82 Å². The van der Waals surface area contributed by atoms with Gasteiger partial charge in [0, 0.05) is 25.0 Å². The Balaban J connectivity index is 2.62. The zero-order chi connectivity index (χ0) is 13.8. The molecule has 1 N–H and O–H groups in total. The standard InChI is InChI=1S/C14H17BrN4/c1-4-9-8-17-7-6-10(9)13-18-11(5-2)12(15)14(16-3)19-13/h6-8H,4-5H2,1-3H3,(H,16,18,19). The number of pyridine rings is 1. The van der Waals surface area contributed by atoms with Crippen molar-refractivity contribution >= 4 is 21.7 Å². The molecule has 2 aromatic rings. The smallest absolute Gasteiger partial charge is 0.162 e. The van der Waals surface area contributed by atoms with E-state index in [4.69, 9.17) is 0 Å². The first-order valence-electron chi connectivity index (χ1n) is 6.38. The maximum Gasteiger partial charge on any atom is 0.162 e. The molecule has 0 fully saturated rings. The molecule has 0 aliphatic rings. The van der Waals surface area contributed by atoms with Gasteiger partial charge in [0.25, 0.3) is 0 Å². The number of halogens is 1. The number of aryl methyl sites for hydroxylation is 2. The quantitative estimate of drug-likeness (QED) is 0.937. The van der Waals surface area contributed by atoms with Gasteiger partial charge < -0.3 is 5.32 Å². The van der Waals surface area contributed by atoms with Crippen molar-refractivity contribution in [2.24, 2.45) is 0 Å². The largest absolute Gasteiger partial charge is 0.372 e. The number of aromatic nitrogens is 3. The van der Waals surface area contributed by atoms with Crippen LogP contribution in [0.3, 0.4) is 0 Å². The molecule has 2 aromatic heterocycles. The summed E-state index contributed by atoms with van der Waals surface area (Å²) in [6.07, 6.45) is 5.44. The summed E-state index contributed by atoms with van der Waals surface area (Å²) in [5, 5.41) is 3.10. The Hall–Kier alpha value is -1.49. The third-order valence-electron chi connectivity index (χ3n) is 3.02. The second-order valence-electron chi connectivity index (χ2n) is 4.15. The van der Waals surface area contributed by atoms with Crippen molar-refractivity contribution in [1.29, 1.82) is 0 Å². The van der Waals surface area contributed by atoms with E-state index in [0.29, 0.717) is 0 Å². The zero-order valence-electron chi connectivity index (χ0n) is 11.4. The van der Waals surface area contributed by atoms with Gasteiger partial charge in [-0.3, -0.25) is 4.98 Å². The molecule has 0 spiro atoms. The molecule has 2 rings (SSSR count). The molecule has 0 bridgehead atoms. The topological polar surface area (TPSA) is 50.7 Å². The first-order valence-corrected chi connectivity index (χ1v) is 7.17. The van der Waals surface area contributed by atoms with Crippen molar-refractivity contribution in [1.82, 2.24) is 15.0 Å². The number of anilines is 1. The second-order valence-corrected chi connectivity index (χ2v) is 4.94. The molecule has 100 valence electrons. The molecule has 5 heteroatoms. The minimum Gasteiger partial charge on any atom is -0.372 e. The van der Waals surface area contributed by atoms with Crippen molar-refractivity contribution in [2.75, 3.05) is 12.4 Å². The van der Waals surface area contributed by atoms with Crippen LogP contribution >= 0.6 is 15.9 Å². The highest BCUT2D eigenvalue weighted by molar-refractivity contribution is 9.10. The monoisotopic (exact) mass is 320 g/mol. The molecule has 0 atom stereocenters. The average molecular weight is 321 g/mol. The van der Waals surface area contributed by atoms with E-state index < -0.39 is 0 Å². The summed E-state index contributed by atoms with van der Waals surface area (Å²) in [7, 11) is 1.86. The van der Waals surface area contributed by atoms with Gasteiger partial charge in [-0.15, -0.1) is 0 Å². The Kier molecular flexibility index (Phi) is 4.47. The highest BCUT2D eigenvalue weighted by Gasteiger charge is 2.13. The highest BCUT2D eigenvalue weighted by Crippen LogP contribution is 2.28. The lowest BCUT2D eigenvalue weighted by atomic mass is 10.1. The lowest BCUT2D eigenvalue weighted by molar-refractivity contribution is 0.984. The molecule has 2 heterocycles. The van der Waals surface area contributed by atoms with Crippen LogP contribution in [0.5, 0.6) is 0 Å². The van der Waals surface area contributed by atoms with Crippen LogP contribution in [0.1, 0.15) is 25.1 Å². The van der Waals surface area contributed by atoms with Gasteiger partial charge in [0.05, 0.1) is 10.2 Å². The molecule has 0 aliphatic carbocycles. The first kappa shape index (κ1) is 13.9. The van der Waals surface area contributed by atoms with E-state index in [9.17, 15) is 0 Å². The highest BCUT2D eigenvalue weighted by atomic mass is 79.9. The van der Waals surface area contributed by atoms with Crippen molar-refractivity contribution in [2.45, 2.75) is 26.7 Å². The van der Waals surface area contributed by atoms with Crippen LogP contribution in [0.15, 0.2) is 22.9 Å². The maximum absolute atomic E-state index is 4.65. The van der Waals surface area contributed by atoms with E-state index in [2.05, 4.69) is 50.0 Å². The van der Waals surface area contributed by atoms with Gasteiger partial charge in [-0.25, -0.2) is 9.97 Å². The van der Waals surface area contributed by atoms with Crippen LogP contribution in [0.2, 0.25) is 0 Å². The van der Waals surface area contributed by atoms with Crippen LogP contribution in [0.4, 0.5) is 5.82 Å². The lowest BCUT2D eigenvalue weighted by Crippen LogP contribution is -2.04. The number of hydrogen-bond acceptors (Lipinski definition) is 4. The van der Waals surface area contributed by atoms with Crippen LogP contribution in [-0.2, 0) is 12.8 Å². The van der Waals surface area contributed by atoms with Crippen molar-refractivity contribution in [3.8, 4) is 11.4 Å². The molecule has 0 saturated carbocycles. The zero-order valence-corrected chi connectivity index (χ0v) is 13.0. The number of nitrogens with one attached hydrogen (secondary N) is 1. The van der Waals surface area contributed by atoms with Crippen LogP contribution < -0.4 is 5.32 Å². The second kappa shape index (κ2) is 6.10. The van der Waals surface area contributed by atoms with Gasteiger partial charge in [-0.05, 0) is 40.4 Å². The molecule has 19 heavy (non-hydrogen) atoms. The molecule has 0 aromatic carbocycles. The Bertz CT molecular complexity index is 558. The van der Waals surface area contributed by atoms with E-state index in [-0.39, 0.29) is 0 Å². The normalized spacial score (nSPS) is 10.5. The van der Waals surface area contributed by atoms with Crippen molar-refractivity contribution < 1.29 is 0 Å². The van der Waals surface area contributed by atoms with E-state index in [1.54, 1.807) is 6.20 Å². The maximum atomic E-state index is 4.65. The molecule has 0 radical (unpaired) electrons. The Morgan fingerprint density at radius 2 is 2.00 bits per heavy atom. The summed E-state index contributed by atoms with van der Waals surface area (Å²) in [6, 6.07) is 1.97. The molecule has 4 nitrogen and oxygen atoms in total. The third-order valence-corrected chi connectivity index (χ3v) is 3.85. The molecular formula is C14H17BrN4. The summed E-state index contributed by atoms with van der Waals surface area (Å²) < 4.78 is 0.938. The predicted octanol–water partition coefficient (Wildman–Crippen LogP) is 3.47. The van der Waals surface area contributed by atoms with E-state index in [0.717, 1.165) is 45.8 Å². The fraction of sp³-hybridized carbons (Fsp3) is 0.357. The van der Waals surface area contributed by atoms with Crippen molar-refractivity contribution in [3.05, 3.63) is 34.2 Å². The minimum absolute atomic E-state index is 0.753. The van der Waals surface area contributed by atoms with Crippen LogP contribution in [-0.4, -0.2) is 22.0 Å².